The van der Waals surface area contributed by atoms with Gasteiger partial charge in [0.05, 0.1) is 37.3 Å². The van der Waals surface area contributed by atoms with Crippen LogP contribution in [0, 0.1) is 0 Å². The molecule has 1 unspecified atom stereocenters. The van der Waals surface area contributed by atoms with Gasteiger partial charge >= 0.3 is 6.03 Å². The summed E-state index contributed by atoms with van der Waals surface area (Å²) in [5, 5.41) is 2.89. The number of benzene rings is 1. The Labute approximate surface area is 160 Å². The number of nitrogens with zero attached hydrogens (tertiary/aromatic N) is 2. The van der Waals surface area contributed by atoms with Gasteiger partial charge in [-0.25, -0.2) is 13.2 Å². The fourth-order valence-electron chi connectivity index (χ4n) is 3.51. The molecule has 1 saturated heterocycles. The van der Waals surface area contributed by atoms with Crippen LogP contribution in [-0.2, 0) is 25.9 Å². The molecule has 8 nitrogen and oxygen atoms in total. The first-order valence-corrected chi connectivity index (χ1v) is 10.8. The number of ether oxygens (including phenoxy) is 2. The Morgan fingerprint density at radius 2 is 2.19 bits per heavy atom. The number of urea groups is 1. The Hall–Kier alpha value is -1.84. The van der Waals surface area contributed by atoms with Crippen molar-refractivity contribution in [3.05, 3.63) is 23.8 Å². The number of methoxy groups -OCH3 is 1. The van der Waals surface area contributed by atoms with Crippen LogP contribution < -0.4 is 9.62 Å². The lowest BCUT2D eigenvalue weighted by atomic mass is 10.0. The average molecular weight is 397 g/mol. The van der Waals surface area contributed by atoms with Gasteiger partial charge in [-0.3, -0.25) is 4.31 Å². The van der Waals surface area contributed by atoms with Gasteiger partial charge < -0.3 is 19.7 Å². The van der Waals surface area contributed by atoms with E-state index >= 15 is 0 Å². The molecule has 1 aromatic carbocycles. The van der Waals surface area contributed by atoms with E-state index in [4.69, 9.17) is 9.47 Å². The normalized spacial score (nSPS) is 20.3. The summed E-state index contributed by atoms with van der Waals surface area (Å²) >= 11 is 0. The van der Waals surface area contributed by atoms with Gasteiger partial charge in [0.25, 0.3) is 0 Å². The van der Waals surface area contributed by atoms with Crippen molar-refractivity contribution in [2.45, 2.75) is 25.8 Å². The van der Waals surface area contributed by atoms with Crippen LogP contribution in [0.5, 0.6) is 0 Å². The van der Waals surface area contributed by atoms with Crippen molar-refractivity contribution in [1.29, 1.82) is 0 Å². The smallest absolute Gasteiger partial charge is 0.322 e. The number of carbonyl (C=O) groups excluding carboxylic acids is 1. The second-order valence-electron chi connectivity index (χ2n) is 6.73. The molecule has 1 fully saturated rings. The van der Waals surface area contributed by atoms with Crippen LogP contribution >= 0.6 is 0 Å². The van der Waals surface area contributed by atoms with Gasteiger partial charge in [-0.1, -0.05) is 6.07 Å². The Balaban J connectivity index is 1.80. The lowest BCUT2D eigenvalue weighted by Crippen LogP contribution is -2.52. The minimum atomic E-state index is -3.34. The van der Waals surface area contributed by atoms with Gasteiger partial charge in [0.2, 0.25) is 10.0 Å². The van der Waals surface area contributed by atoms with Crippen LogP contribution in [0.4, 0.5) is 16.2 Å². The third-order valence-electron chi connectivity index (χ3n) is 4.96. The first-order valence-electron chi connectivity index (χ1n) is 9.24. The molecule has 1 N–H and O–H groups in total. The molecule has 2 amide bonds. The largest absolute Gasteiger partial charge is 0.382 e. The van der Waals surface area contributed by atoms with E-state index in [2.05, 4.69) is 5.32 Å². The second kappa shape index (κ2) is 8.45. The molecule has 9 heteroatoms. The maximum atomic E-state index is 12.7. The van der Waals surface area contributed by atoms with E-state index in [1.165, 1.54) is 4.31 Å². The van der Waals surface area contributed by atoms with E-state index in [-0.39, 0.29) is 17.8 Å². The van der Waals surface area contributed by atoms with Crippen molar-refractivity contribution in [2.24, 2.45) is 0 Å². The van der Waals surface area contributed by atoms with Crippen LogP contribution in [0.2, 0.25) is 0 Å². The highest BCUT2D eigenvalue weighted by Crippen LogP contribution is 2.32. The number of morpholine rings is 1. The zero-order valence-corrected chi connectivity index (χ0v) is 16.6. The van der Waals surface area contributed by atoms with Crippen molar-refractivity contribution < 1.29 is 22.7 Å². The molecule has 0 radical (unpaired) electrons. The Kier molecular flexibility index (Phi) is 6.23. The summed E-state index contributed by atoms with van der Waals surface area (Å²) in [6.07, 6.45) is 1.63. The summed E-state index contributed by atoms with van der Waals surface area (Å²) in [7, 11) is -1.75. The fourth-order valence-corrected chi connectivity index (χ4v) is 4.70. The zero-order valence-electron chi connectivity index (χ0n) is 15.8. The third-order valence-corrected chi connectivity index (χ3v) is 6.74. The molecule has 27 heavy (non-hydrogen) atoms. The van der Waals surface area contributed by atoms with E-state index in [1.807, 2.05) is 12.1 Å². The summed E-state index contributed by atoms with van der Waals surface area (Å²) in [6, 6.07) is 5.10. The highest BCUT2D eigenvalue weighted by atomic mass is 32.2. The number of rotatable bonds is 5. The summed E-state index contributed by atoms with van der Waals surface area (Å²) in [4.78, 5) is 14.4. The van der Waals surface area contributed by atoms with Gasteiger partial charge in [-0.2, -0.15) is 0 Å². The first-order chi connectivity index (χ1) is 13.0. The minimum absolute atomic E-state index is 0.0511. The number of anilines is 2. The number of nitrogens with one attached hydrogen (secondary N) is 1. The minimum Gasteiger partial charge on any atom is -0.382 e. The van der Waals surface area contributed by atoms with Crippen LogP contribution in [0.3, 0.4) is 0 Å². The molecule has 2 aliphatic rings. The highest BCUT2D eigenvalue weighted by molar-refractivity contribution is 7.92. The monoisotopic (exact) mass is 397 g/mol. The van der Waals surface area contributed by atoms with Crippen molar-refractivity contribution in [1.82, 2.24) is 4.90 Å². The predicted molar refractivity (Wildman–Crippen MR) is 104 cm³/mol. The highest BCUT2D eigenvalue weighted by Gasteiger charge is 2.29. The summed E-state index contributed by atoms with van der Waals surface area (Å²) in [6.45, 7) is 3.93. The third kappa shape index (κ3) is 4.36. The van der Waals surface area contributed by atoms with Crippen LogP contribution in [0.25, 0.3) is 0 Å². The number of carbonyl (C=O) groups is 1. The maximum Gasteiger partial charge on any atom is 0.322 e. The quantitative estimate of drug-likeness (QED) is 0.817. The predicted octanol–water partition coefficient (Wildman–Crippen LogP) is 1.67. The van der Waals surface area contributed by atoms with E-state index in [9.17, 15) is 13.2 Å². The standard InChI is InChI=1S/C18H27N3O5S/c1-3-27(23,24)21-8-4-5-14-6-7-15(11-17(14)21)19-18(22)20-9-10-26-13-16(20)12-25-2/h6-7,11,16H,3-5,8-10,12-13H2,1-2H3,(H,19,22). The van der Waals surface area contributed by atoms with Gasteiger partial charge in [-0.05, 0) is 37.5 Å². The number of hydrogen-bond donors (Lipinski definition) is 1. The number of aryl methyl sites for hydroxylation is 1. The Morgan fingerprint density at radius 1 is 1.37 bits per heavy atom. The molecule has 2 heterocycles. The molecule has 0 aliphatic carbocycles. The lowest BCUT2D eigenvalue weighted by molar-refractivity contribution is -0.0133. The van der Waals surface area contributed by atoms with Gasteiger partial charge in [0.1, 0.15) is 0 Å². The number of hydrogen-bond acceptors (Lipinski definition) is 5. The summed E-state index contributed by atoms with van der Waals surface area (Å²) in [5.74, 6) is 0.0511. The summed E-state index contributed by atoms with van der Waals surface area (Å²) < 4.78 is 36.9. The van der Waals surface area contributed by atoms with Crippen molar-refractivity contribution >= 4 is 27.4 Å². The van der Waals surface area contributed by atoms with Crippen molar-refractivity contribution in [3.63, 3.8) is 0 Å². The van der Waals surface area contributed by atoms with E-state index in [1.54, 1.807) is 25.0 Å². The van der Waals surface area contributed by atoms with Crippen LogP contribution in [-0.4, -0.2) is 71.2 Å². The molecule has 1 atom stereocenters. The van der Waals surface area contributed by atoms with Crippen molar-refractivity contribution in [3.8, 4) is 0 Å². The topological polar surface area (TPSA) is 88.2 Å². The van der Waals surface area contributed by atoms with Crippen molar-refractivity contribution in [2.75, 3.05) is 55.4 Å². The molecular formula is C18H27N3O5S. The SMILES string of the molecule is CCS(=O)(=O)N1CCCc2ccc(NC(=O)N3CCOCC3COC)cc21. The Morgan fingerprint density at radius 3 is 2.93 bits per heavy atom. The second-order valence-corrected chi connectivity index (χ2v) is 8.91. The van der Waals surface area contributed by atoms with Crippen LogP contribution in [0.1, 0.15) is 18.9 Å². The van der Waals surface area contributed by atoms with Gasteiger partial charge in [0.15, 0.2) is 0 Å². The van der Waals surface area contributed by atoms with Gasteiger partial charge in [0, 0.05) is 25.9 Å². The van der Waals surface area contributed by atoms with E-state index in [0.29, 0.717) is 44.3 Å². The molecule has 3 rings (SSSR count). The van der Waals surface area contributed by atoms with Crippen LogP contribution in [0.15, 0.2) is 18.2 Å². The molecule has 2 aliphatic heterocycles. The molecule has 1 aromatic rings. The molecule has 0 saturated carbocycles. The molecular weight excluding hydrogens is 370 g/mol. The molecule has 0 aromatic heterocycles. The number of amides is 2. The number of fused-ring (bicyclic) bond motifs is 1. The van der Waals surface area contributed by atoms with Gasteiger partial charge in [-0.15, -0.1) is 0 Å². The number of sulfonamides is 1. The fraction of sp³-hybridized carbons (Fsp3) is 0.611. The Bertz CT molecular complexity index is 781. The molecule has 150 valence electrons. The zero-order chi connectivity index (χ0) is 19.4. The average Bonchev–Trinajstić information content (AvgIpc) is 2.68. The maximum absolute atomic E-state index is 12.7. The first kappa shape index (κ1) is 19.9. The molecule has 0 bridgehead atoms. The van der Waals surface area contributed by atoms with E-state index in [0.717, 1.165) is 18.4 Å². The molecule has 0 spiro atoms. The summed E-state index contributed by atoms with van der Waals surface area (Å²) in [5.41, 5.74) is 2.23. The van der Waals surface area contributed by atoms with E-state index < -0.39 is 10.0 Å². The lowest BCUT2D eigenvalue weighted by Gasteiger charge is -2.35.